The predicted molar refractivity (Wildman–Crippen MR) is 131 cm³/mol. The van der Waals surface area contributed by atoms with E-state index in [2.05, 4.69) is 18.4 Å². The highest BCUT2D eigenvalue weighted by molar-refractivity contribution is 7.10. The van der Waals surface area contributed by atoms with Gasteiger partial charge in [0.2, 0.25) is 11.8 Å². The predicted octanol–water partition coefficient (Wildman–Crippen LogP) is 6.10. The molecule has 1 aromatic carbocycles. The van der Waals surface area contributed by atoms with Crippen LogP contribution in [0, 0.1) is 5.82 Å². The van der Waals surface area contributed by atoms with Gasteiger partial charge in [-0.15, -0.1) is 11.3 Å². The molecule has 1 saturated carbocycles. The third kappa shape index (κ3) is 6.03. The topological polar surface area (TPSA) is 40.6 Å². The van der Waals surface area contributed by atoms with Crippen molar-refractivity contribution in [1.29, 1.82) is 0 Å². The molecule has 4 rings (SSSR count). The van der Waals surface area contributed by atoms with Gasteiger partial charge in [-0.1, -0.05) is 51.2 Å². The molecule has 178 valence electrons. The summed E-state index contributed by atoms with van der Waals surface area (Å²) in [5.74, 6) is -0.171. The molecule has 0 spiro atoms. The lowest BCUT2D eigenvalue weighted by Gasteiger charge is -2.37. The Morgan fingerprint density at radius 2 is 1.79 bits per heavy atom. The van der Waals surface area contributed by atoms with Crippen LogP contribution in [0.15, 0.2) is 35.7 Å². The fourth-order valence-corrected chi connectivity index (χ4v) is 5.74. The van der Waals surface area contributed by atoms with Crippen LogP contribution in [-0.4, -0.2) is 40.7 Å². The van der Waals surface area contributed by atoms with Gasteiger partial charge in [-0.25, -0.2) is 4.39 Å². The highest BCUT2D eigenvalue weighted by atomic mass is 32.1. The molecule has 1 aromatic heterocycles. The number of thiophene rings is 1. The molecule has 1 aliphatic heterocycles. The first-order valence-corrected chi connectivity index (χ1v) is 13.4. The molecule has 1 atom stereocenters. The number of halogens is 1. The number of benzene rings is 1. The van der Waals surface area contributed by atoms with Gasteiger partial charge in [-0.3, -0.25) is 9.59 Å². The second kappa shape index (κ2) is 11.3. The van der Waals surface area contributed by atoms with E-state index in [-0.39, 0.29) is 36.3 Å². The monoisotopic (exact) mass is 470 g/mol. The van der Waals surface area contributed by atoms with Crippen LogP contribution in [0.1, 0.15) is 86.8 Å². The van der Waals surface area contributed by atoms with Gasteiger partial charge in [0.25, 0.3) is 0 Å². The number of hydrogen-bond acceptors (Lipinski definition) is 3. The van der Waals surface area contributed by atoms with Crippen LogP contribution in [0.4, 0.5) is 4.39 Å². The van der Waals surface area contributed by atoms with E-state index in [4.69, 9.17) is 0 Å². The number of nitrogens with zero attached hydrogens (tertiary/aromatic N) is 2. The van der Waals surface area contributed by atoms with Gasteiger partial charge in [-0.2, -0.15) is 0 Å². The summed E-state index contributed by atoms with van der Waals surface area (Å²) in [6.45, 7) is 2.98. The molecule has 0 N–H and O–H groups in total. The first-order valence-electron chi connectivity index (χ1n) is 12.5. The molecule has 33 heavy (non-hydrogen) atoms. The Hall–Kier alpha value is -2.21. The number of rotatable bonds is 11. The Bertz CT molecular complexity index is 938. The number of unbranched alkanes of at least 4 members (excludes halogenated alkanes) is 5. The van der Waals surface area contributed by atoms with E-state index >= 15 is 0 Å². The van der Waals surface area contributed by atoms with E-state index in [0.29, 0.717) is 13.0 Å². The van der Waals surface area contributed by atoms with Crippen molar-refractivity contribution in [3.05, 3.63) is 57.5 Å². The van der Waals surface area contributed by atoms with E-state index in [1.807, 2.05) is 9.80 Å². The molecule has 0 saturated heterocycles. The molecule has 2 aromatic rings. The Labute approximate surface area is 200 Å². The standard InChI is InChI=1S/C27H35FN2O2S/c1-2-3-4-5-6-7-8-25(31)30(22-13-14-22)19-26(32)29-17-15-24-23(16-18-33-24)27(29)20-9-11-21(28)12-10-20/h9-12,16,18,22,27H,2-8,13-15,17,19H2,1H3. The van der Waals surface area contributed by atoms with Crippen LogP contribution in [0.3, 0.4) is 0 Å². The van der Waals surface area contributed by atoms with Crippen LogP contribution in [0.2, 0.25) is 0 Å². The largest absolute Gasteiger partial charge is 0.330 e. The van der Waals surface area contributed by atoms with E-state index < -0.39 is 0 Å². The number of amides is 2. The molecule has 4 nitrogen and oxygen atoms in total. The molecular formula is C27H35FN2O2S. The lowest BCUT2D eigenvalue weighted by molar-refractivity contribution is -0.142. The van der Waals surface area contributed by atoms with Crippen molar-refractivity contribution < 1.29 is 14.0 Å². The second-order valence-electron chi connectivity index (χ2n) is 9.36. The van der Waals surface area contributed by atoms with Crippen LogP contribution in [0.25, 0.3) is 0 Å². The lowest BCUT2D eigenvalue weighted by Crippen LogP contribution is -2.47. The summed E-state index contributed by atoms with van der Waals surface area (Å²) < 4.78 is 13.6. The maximum absolute atomic E-state index is 13.6. The van der Waals surface area contributed by atoms with E-state index in [0.717, 1.165) is 43.2 Å². The van der Waals surface area contributed by atoms with Gasteiger partial charge >= 0.3 is 0 Å². The Morgan fingerprint density at radius 1 is 1.06 bits per heavy atom. The molecule has 0 radical (unpaired) electrons. The van der Waals surface area contributed by atoms with E-state index in [1.54, 1.807) is 23.5 Å². The number of hydrogen-bond donors (Lipinski definition) is 0. The molecular weight excluding hydrogens is 435 g/mol. The molecule has 1 aliphatic carbocycles. The summed E-state index contributed by atoms with van der Waals surface area (Å²) in [6, 6.07) is 8.54. The SMILES string of the molecule is CCCCCCCCC(=O)N(CC(=O)N1CCc2sccc2C1c1ccc(F)cc1)C1CC1. The van der Waals surface area contributed by atoms with Crippen molar-refractivity contribution in [3.8, 4) is 0 Å². The molecule has 1 unspecified atom stereocenters. The third-order valence-electron chi connectivity index (χ3n) is 6.83. The summed E-state index contributed by atoms with van der Waals surface area (Å²) in [7, 11) is 0. The molecule has 1 fully saturated rings. The molecule has 6 heteroatoms. The molecule has 0 bridgehead atoms. The summed E-state index contributed by atoms with van der Waals surface area (Å²) in [5.41, 5.74) is 2.04. The molecule has 2 heterocycles. The fraction of sp³-hybridized carbons (Fsp3) is 0.556. The third-order valence-corrected chi connectivity index (χ3v) is 7.83. The van der Waals surface area contributed by atoms with Crippen LogP contribution >= 0.6 is 11.3 Å². The van der Waals surface area contributed by atoms with Crippen LogP contribution in [0.5, 0.6) is 0 Å². The smallest absolute Gasteiger partial charge is 0.243 e. The molecule has 2 amide bonds. The lowest BCUT2D eigenvalue weighted by atomic mass is 9.93. The van der Waals surface area contributed by atoms with Crippen molar-refractivity contribution in [2.24, 2.45) is 0 Å². The molecule has 2 aliphatic rings. The van der Waals surface area contributed by atoms with Crippen molar-refractivity contribution >= 4 is 23.2 Å². The maximum Gasteiger partial charge on any atom is 0.243 e. The van der Waals surface area contributed by atoms with Gasteiger partial charge in [0, 0.05) is 23.9 Å². The van der Waals surface area contributed by atoms with Gasteiger partial charge in [0.05, 0.1) is 6.04 Å². The zero-order valence-corrected chi connectivity index (χ0v) is 20.4. The summed E-state index contributed by atoms with van der Waals surface area (Å²) in [5, 5.41) is 2.07. The fourth-order valence-electron chi connectivity index (χ4n) is 4.83. The number of carbonyl (C=O) groups excluding carboxylic acids is 2. The highest BCUT2D eigenvalue weighted by Gasteiger charge is 2.37. The minimum Gasteiger partial charge on any atom is -0.330 e. The Kier molecular flexibility index (Phi) is 8.18. The highest BCUT2D eigenvalue weighted by Crippen LogP contribution is 2.38. The van der Waals surface area contributed by atoms with Crippen molar-refractivity contribution in [1.82, 2.24) is 9.80 Å². The van der Waals surface area contributed by atoms with Gasteiger partial charge in [-0.05, 0) is 60.4 Å². The first kappa shape index (κ1) is 23.9. The summed E-state index contributed by atoms with van der Waals surface area (Å²) in [6.07, 6.45) is 10.2. The summed E-state index contributed by atoms with van der Waals surface area (Å²) in [4.78, 5) is 31.5. The summed E-state index contributed by atoms with van der Waals surface area (Å²) >= 11 is 1.71. The van der Waals surface area contributed by atoms with E-state index in [1.165, 1.54) is 42.7 Å². The maximum atomic E-state index is 13.6. The Morgan fingerprint density at radius 3 is 2.52 bits per heavy atom. The second-order valence-corrected chi connectivity index (χ2v) is 10.4. The normalized spacial score (nSPS) is 17.6. The van der Waals surface area contributed by atoms with Crippen molar-refractivity contribution in [2.45, 2.75) is 83.2 Å². The van der Waals surface area contributed by atoms with Gasteiger partial charge in [0.15, 0.2) is 0 Å². The minimum atomic E-state index is -0.279. The quantitative estimate of drug-likeness (QED) is 0.372. The first-order chi connectivity index (χ1) is 16.1. The van der Waals surface area contributed by atoms with Crippen LogP contribution in [-0.2, 0) is 16.0 Å². The average Bonchev–Trinajstić information content (AvgIpc) is 3.55. The average molecular weight is 471 g/mol. The van der Waals surface area contributed by atoms with Crippen molar-refractivity contribution in [3.63, 3.8) is 0 Å². The zero-order chi connectivity index (χ0) is 23.2. The zero-order valence-electron chi connectivity index (χ0n) is 19.6. The van der Waals surface area contributed by atoms with Crippen molar-refractivity contribution in [2.75, 3.05) is 13.1 Å². The van der Waals surface area contributed by atoms with Gasteiger partial charge < -0.3 is 9.80 Å². The van der Waals surface area contributed by atoms with Crippen LogP contribution < -0.4 is 0 Å². The number of fused-ring (bicyclic) bond motifs is 1. The minimum absolute atomic E-state index is 0.00984. The van der Waals surface area contributed by atoms with Gasteiger partial charge in [0.1, 0.15) is 12.4 Å². The van der Waals surface area contributed by atoms with E-state index in [9.17, 15) is 14.0 Å². The number of carbonyl (C=O) groups is 2. The Balaban J connectivity index is 1.43.